The van der Waals surface area contributed by atoms with E-state index in [4.69, 9.17) is 4.74 Å². The van der Waals surface area contributed by atoms with Gasteiger partial charge in [-0.2, -0.15) is 0 Å². The minimum absolute atomic E-state index is 0.0804. The number of carbonyl (C=O) groups excluding carboxylic acids is 3. The van der Waals surface area contributed by atoms with Crippen molar-refractivity contribution in [2.75, 3.05) is 23.9 Å². The van der Waals surface area contributed by atoms with Crippen LogP contribution >= 0.6 is 0 Å². The predicted molar refractivity (Wildman–Crippen MR) is 136 cm³/mol. The highest BCUT2D eigenvalue weighted by Gasteiger charge is 2.36. The molecule has 0 radical (unpaired) electrons. The third kappa shape index (κ3) is 5.35. The zero-order valence-corrected chi connectivity index (χ0v) is 20.1. The molecule has 0 bridgehead atoms. The molecule has 2 N–H and O–H groups in total. The molecule has 1 atom stereocenters. The standard InChI is InChI=1S/C28H29N3O4/c1-18-8-6-13-25(19(18)2)31-17-21(15-26(31)32)27(33)30-24-12-5-4-11-23(24)28(34)29-16-20-9-7-10-22(14-20)35-3/h4-14,21H,15-17H2,1-3H3,(H,29,34)(H,30,33)/t21-/m1/s1. The molecule has 7 nitrogen and oxygen atoms in total. The molecule has 1 fully saturated rings. The summed E-state index contributed by atoms with van der Waals surface area (Å²) in [6.45, 7) is 4.60. The van der Waals surface area contributed by atoms with Gasteiger partial charge in [-0.05, 0) is 60.9 Å². The summed E-state index contributed by atoms with van der Waals surface area (Å²) >= 11 is 0. The molecule has 35 heavy (non-hydrogen) atoms. The van der Waals surface area contributed by atoms with Crippen molar-refractivity contribution in [2.45, 2.75) is 26.8 Å². The molecule has 7 heteroatoms. The summed E-state index contributed by atoms with van der Waals surface area (Å²) in [5, 5.41) is 5.76. The van der Waals surface area contributed by atoms with Crippen molar-refractivity contribution in [1.82, 2.24) is 5.32 Å². The molecule has 3 aromatic carbocycles. The van der Waals surface area contributed by atoms with Crippen LogP contribution in [0.2, 0.25) is 0 Å². The van der Waals surface area contributed by atoms with Crippen molar-refractivity contribution < 1.29 is 19.1 Å². The number of hydrogen-bond donors (Lipinski definition) is 2. The number of para-hydroxylation sites is 1. The summed E-state index contributed by atoms with van der Waals surface area (Å²) in [6.07, 6.45) is 0.128. The molecular formula is C28H29N3O4. The number of rotatable bonds is 7. The molecule has 1 aliphatic rings. The normalized spacial score (nSPS) is 15.1. The second kappa shape index (κ2) is 10.4. The minimum Gasteiger partial charge on any atom is -0.497 e. The molecule has 4 rings (SSSR count). The average Bonchev–Trinajstić information content (AvgIpc) is 3.26. The van der Waals surface area contributed by atoms with Crippen LogP contribution in [0.1, 0.15) is 33.5 Å². The zero-order chi connectivity index (χ0) is 24.9. The van der Waals surface area contributed by atoms with Crippen molar-refractivity contribution in [3.05, 3.63) is 89.0 Å². The lowest BCUT2D eigenvalue weighted by Gasteiger charge is -2.20. The maximum Gasteiger partial charge on any atom is 0.253 e. The SMILES string of the molecule is COc1cccc(CNC(=O)c2ccccc2NC(=O)[C@@H]2CC(=O)N(c3cccc(C)c3C)C2)c1. The maximum absolute atomic E-state index is 13.1. The van der Waals surface area contributed by atoms with Crippen LogP contribution in [0, 0.1) is 19.8 Å². The monoisotopic (exact) mass is 471 g/mol. The second-order valence-electron chi connectivity index (χ2n) is 8.69. The first kappa shape index (κ1) is 24.0. The molecular weight excluding hydrogens is 442 g/mol. The topological polar surface area (TPSA) is 87.7 Å². The summed E-state index contributed by atoms with van der Waals surface area (Å²) in [4.78, 5) is 40.4. The molecule has 0 aliphatic carbocycles. The van der Waals surface area contributed by atoms with Crippen molar-refractivity contribution >= 4 is 29.1 Å². The van der Waals surface area contributed by atoms with E-state index in [0.717, 1.165) is 22.4 Å². The number of ether oxygens (including phenoxy) is 1. The van der Waals surface area contributed by atoms with E-state index in [2.05, 4.69) is 10.6 Å². The minimum atomic E-state index is -0.504. The average molecular weight is 472 g/mol. The molecule has 0 saturated carbocycles. The highest BCUT2D eigenvalue weighted by atomic mass is 16.5. The van der Waals surface area contributed by atoms with Crippen LogP contribution in [0.5, 0.6) is 5.75 Å². The quantitative estimate of drug-likeness (QED) is 0.540. The van der Waals surface area contributed by atoms with Crippen LogP contribution in [-0.4, -0.2) is 31.4 Å². The van der Waals surface area contributed by atoms with Crippen molar-refractivity contribution in [1.29, 1.82) is 0 Å². The van der Waals surface area contributed by atoms with Gasteiger partial charge in [-0.1, -0.05) is 36.4 Å². The summed E-state index contributed by atoms with van der Waals surface area (Å²) in [5.41, 5.74) is 4.63. The zero-order valence-electron chi connectivity index (χ0n) is 20.1. The lowest BCUT2D eigenvalue weighted by atomic mass is 10.1. The molecule has 3 aromatic rings. The van der Waals surface area contributed by atoms with Crippen molar-refractivity contribution in [3.63, 3.8) is 0 Å². The van der Waals surface area contributed by atoms with Gasteiger partial charge in [-0.15, -0.1) is 0 Å². The lowest BCUT2D eigenvalue weighted by molar-refractivity contribution is -0.122. The third-order valence-corrected chi connectivity index (χ3v) is 6.38. The molecule has 3 amide bonds. The number of hydrogen-bond acceptors (Lipinski definition) is 4. The Balaban J connectivity index is 1.43. The Morgan fingerprint density at radius 1 is 1.03 bits per heavy atom. The Labute approximate surface area is 205 Å². The number of amides is 3. The molecule has 0 spiro atoms. The Hall–Kier alpha value is -4.13. The van der Waals surface area contributed by atoms with Gasteiger partial charge in [0.1, 0.15) is 5.75 Å². The maximum atomic E-state index is 13.1. The van der Waals surface area contributed by atoms with E-state index in [1.54, 1.807) is 36.3 Å². The summed E-state index contributed by atoms with van der Waals surface area (Å²) in [7, 11) is 1.59. The van der Waals surface area contributed by atoms with E-state index >= 15 is 0 Å². The lowest BCUT2D eigenvalue weighted by Crippen LogP contribution is -2.30. The van der Waals surface area contributed by atoms with Gasteiger partial charge in [-0.25, -0.2) is 0 Å². The van der Waals surface area contributed by atoms with Crippen LogP contribution in [0.15, 0.2) is 66.7 Å². The van der Waals surface area contributed by atoms with E-state index < -0.39 is 5.92 Å². The van der Waals surface area contributed by atoms with Gasteiger partial charge in [-0.3, -0.25) is 14.4 Å². The van der Waals surface area contributed by atoms with Gasteiger partial charge in [0.15, 0.2) is 0 Å². The number of nitrogens with zero attached hydrogens (tertiary/aromatic N) is 1. The smallest absolute Gasteiger partial charge is 0.253 e. The van der Waals surface area contributed by atoms with Crippen LogP contribution in [0.25, 0.3) is 0 Å². The first-order chi connectivity index (χ1) is 16.9. The van der Waals surface area contributed by atoms with Crippen LogP contribution in [0.4, 0.5) is 11.4 Å². The van der Waals surface area contributed by atoms with Crippen molar-refractivity contribution in [3.8, 4) is 5.75 Å². The highest BCUT2D eigenvalue weighted by molar-refractivity contribution is 6.07. The van der Waals surface area contributed by atoms with Crippen molar-refractivity contribution in [2.24, 2.45) is 5.92 Å². The fourth-order valence-corrected chi connectivity index (χ4v) is 4.23. The number of aryl methyl sites for hydroxylation is 1. The van der Waals surface area contributed by atoms with Gasteiger partial charge in [0.05, 0.1) is 24.3 Å². The first-order valence-corrected chi connectivity index (χ1v) is 11.5. The van der Waals surface area contributed by atoms with E-state index in [1.807, 2.05) is 56.3 Å². The Bertz CT molecular complexity index is 1270. The van der Waals surface area contributed by atoms with Gasteiger partial charge in [0.25, 0.3) is 5.91 Å². The molecule has 180 valence electrons. The van der Waals surface area contributed by atoms with E-state index in [9.17, 15) is 14.4 Å². The van der Waals surface area contributed by atoms with Gasteiger partial charge >= 0.3 is 0 Å². The number of anilines is 2. The van der Waals surface area contributed by atoms with Gasteiger partial charge in [0.2, 0.25) is 11.8 Å². The second-order valence-corrected chi connectivity index (χ2v) is 8.69. The van der Waals surface area contributed by atoms with E-state index in [-0.39, 0.29) is 24.1 Å². The summed E-state index contributed by atoms with van der Waals surface area (Å²) < 4.78 is 5.23. The number of methoxy groups -OCH3 is 1. The first-order valence-electron chi connectivity index (χ1n) is 11.5. The predicted octanol–water partition coefficient (Wildman–Crippen LogP) is 4.23. The van der Waals surface area contributed by atoms with E-state index in [1.165, 1.54) is 0 Å². The fourth-order valence-electron chi connectivity index (χ4n) is 4.23. The third-order valence-electron chi connectivity index (χ3n) is 6.38. The molecule has 0 aromatic heterocycles. The molecule has 1 aliphatic heterocycles. The number of benzene rings is 3. The highest BCUT2D eigenvalue weighted by Crippen LogP contribution is 2.30. The molecule has 1 saturated heterocycles. The molecule has 0 unspecified atom stereocenters. The van der Waals surface area contributed by atoms with Crippen LogP contribution in [0.3, 0.4) is 0 Å². The Morgan fingerprint density at radius 2 is 1.80 bits per heavy atom. The van der Waals surface area contributed by atoms with Crippen LogP contribution < -0.4 is 20.3 Å². The summed E-state index contributed by atoms with van der Waals surface area (Å²) in [6, 6.07) is 20.1. The Morgan fingerprint density at radius 3 is 2.60 bits per heavy atom. The van der Waals surface area contributed by atoms with Gasteiger partial charge < -0.3 is 20.3 Å². The largest absolute Gasteiger partial charge is 0.497 e. The number of nitrogens with one attached hydrogen (secondary N) is 2. The van der Waals surface area contributed by atoms with E-state index in [0.29, 0.717) is 30.1 Å². The number of carbonyl (C=O) groups is 3. The van der Waals surface area contributed by atoms with Crippen LogP contribution in [-0.2, 0) is 16.1 Å². The van der Waals surface area contributed by atoms with Gasteiger partial charge in [0, 0.05) is 25.2 Å². The summed E-state index contributed by atoms with van der Waals surface area (Å²) in [5.74, 6) is -0.452. The fraction of sp³-hybridized carbons (Fsp3) is 0.250. The molecule has 1 heterocycles. The Kier molecular flexibility index (Phi) is 7.15.